The van der Waals surface area contributed by atoms with Crippen LogP contribution in [0, 0.1) is 0 Å². The zero-order chi connectivity index (χ0) is 21.8. The van der Waals surface area contributed by atoms with E-state index in [2.05, 4.69) is 26.6 Å². The quantitative estimate of drug-likeness (QED) is 0.547. The van der Waals surface area contributed by atoms with Crippen LogP contribution in [0.15, 0.2) is 33.9 Å². The van der Waals surface area contributed by atoms with Crippen LogP contribution in [0.5, 0.6) is 0 Å². The normalized spacial score (nSPS) is 14.1. The number of hydrogen-bond acceptors (Lipinski definition) is 7. The number of nitrogens with zero attached hydrogens (tertiary/aromatic N) is 1. The van der Waals surface area contributed by atoms with Crippen LogP contribution in [0.2, 0.25) is 0 Å². The Bertz CT molecular complexity index is 847. The first-order chi connectivity index (χ1) is 13.6. The highest BCUT2D eigenvalue weighted by Crippen LogP contribution is 2.30. The number of anilines is 2. The largest absolute Gasteiger partial charge is 0.466 e. The number of nitrogens with one attached hydrogen (secondary N) is 2. The summed E-state index contributed by atoms with van der Waals surface area (Å²) in [5, 5.41) is 14.7. The summed E-state index contributed by atoms with van der Waals surface area (Å²) in [7, 11) is 1.23. The molecular formula is C19H24BrN3O6. The van der Waals surface area contributed by atoms with Crippen LogP contribution < -0.4 is 10.6 Å². The van der Waals surface area contributed by atoms with E-state index in [9.17, 15) is 14.4 Å². The van der Waals surface area contributed by atoms with Crippen LogP contribution in [0.1, 0.15) is 20.8 Å². The maximum Gasteiger partial charge on any atom is 0.412 e. The summed E-state index contributed by atoms with van der Waals surface area (Å²) in [6.45, 7) is 5.16. The lowest BCUT2D eigenvalue weighted by Gasteiger charge is -2.20. The lowest BCUT2D eigenvalue weighted by Crippen LogP contribution is -2.31. The molecule has 0 saturated carbocycles. The Hall–Kier alpha value is -2.59. The van der Waals surface area contributed by atoms with Gasteiger partial charge in [0.2, 0.25) is 0 Å². The lowest BCUT2D eigenvalue weighted by atomic mass is 10.2. The van der Waals surface area contributed by atoms with Gasteiger partial charge in [0.05, 0.1) is 31.5 Å². The fourth-order valence-corrected chi connectivity index (χ4v) is 2.95. The molecule has 29 heavy (non-hydrogen) atoms. The minimum atomic E-state index is -0.646. The zero-order valence-electron chi connectivity index (χ0n) is 16.7. The Kier molecular flexibility index (Phi) is 7.26. The van der Waals surface area contributed by atoms with Crippen LogP contribution in [0.4, 0.5) is 16.2 Å². The van der Waals surface area contributed by atoms with Gasteiger partial charge >= 0.3 is 12.1 Å². The van der Waals surface area contributed by atoms with Gasteiger partial charge < -0.3 is 24.8 Å². The SMILES string of the molecule is COC(=O)C1=C(Nc2cc(NC(=O)OC(C)(C)C)ccc2Br)C(=O)N(CCO)C1. The number of methoxy groups -OCH3 is 1. The summed E-state index contributed by atoms with van der Waals surface area (Å²) in [6.07, 6.45) is -0.619. The monoisotopic (exact) mass is 469 g/mol. The molecule has 1 heterocycles. The van der Waals surface area contributed by atoms with E-state index in [4.69, 9.17) is 14.6 Å². The Morgan fingerprint density at radius 3 is 2.59 bits per heavy atom. The van der Waals surface area contributed by atoms with Gasteiger partial charge in [-0.2, -0.15) is 0 Å². The summed E-state index contributed by atoms with van der Waals surface area (Å²) >= 11 is 3.38. The molecule has 2 rings (SSSR count). The molecule has 0 fully saturated rings. The fraction of sp³-hybridized carbons (Fsp3) is 0.421. The van der Waals surface area contributed by atoms with Gasteiger partial charge in [-0.1, -0.05) is 0 Å². The van der Waals surface area contributed by atoms with E-state index < -0.39 is 23.6 Å². The molecule has 1 aromatic rings. The van der Waals surface area contributed by atoms with Crippen molar-refractivity contribution in [2.45, 2.75) is 26.4 Å². The Morgan fingerprint density at radius 1 is 1.31 bits per heavy atom. The Balaban J connectivity index is 2.28. The third kappa shape index (κ3) is 5.94. The number of hydrogen-bond donors (Lipinski definition) is 3. The van der Waals surface area contributed by atoms with Gasteiger partial charge in [0, 0.05) is 16.7 Å². The Labute approximate surface area is 177 Å². The van der Waals surface area contributed by atoms with E-state index in [1.165, 1.54) is 12.0 Å². The fourth-order valence-electron chi connectivity index (χ4n) is 2.60. The van der Waals surface area contributed by atoms with Crippen molar-refractivity contribution in [1.29, 1.82) is 0 Å². The van der Waals surface area contributed by atoms with Gasteiger partial charge in [0.15, 0.2) is 0 Å². The van der Waals surface area contributed by atoms with Crippen LogP contribution in [0.3, 0.4) is 0 Å². The molecule has 1 aliphatic heterocycles. The van der Waals surface area contributed by atoms with E-state index >= 15 is 0 Å². The van der Waals surface area contributed by atoms with Gasteiger partial charge in [-0.05, 0) is 54.9 Å². The van der Waals surface area contributed by atoms with Crippen molar-refractivity contribution >= 4 is 45.3 Å². The summed E-state index contributed by atoms with van der Waals surface area (Å²) in [5.41, 5.74) is 0.452. The minimum Gasteiger partial charge on any atom is -0.466 e. The molecule has 3 N–H and O–H groups in total. The molecular weight excluding hydrogens is 446 g/mol. The first kappa shape index (κ1) is 22.7. The van der Waals surface area contributed by atoms with E-state index in [0.717, 1.165) is 0 Å². The Morgan fingerprint density at radius 2 is 2.00 bits per heavy atom. The summed E-state index contributed by atoms with van der Waals surface area (Å²) in [6, 6.07) is 4.93. The first-order valence-electron chi connectivity index (χ1n) is 8.84. The standard InChI is InChI=1S/C19H24BrN3O6/c1-19(2,3)29-18(27)21-11-5-6-13(20)14(9-11)22-15-12(17(26)28-4)10-23(7-8-24)16(15)25/h5-6,9,22,24H,7-8,10H2,1-4H3,(H,21,27). The molecule has 0 atom stereocenters. The van der Waals surface area contributed by atoms with Crippen molar-refractivity contribution in [2.24, 2.45) is 0 Å². The molecule has 9 nitrogen and oxygen atoms in total. The number of halogens is 1. The van der Waals surface area contributed by atoms with E-state index in [0.29, 0.717) is 15.8 Å². The van der Waals surface area contributed by atoms with Crippen LogP contribution in [-0.4, -0.2) is 60.4 Å². The number of esters is 1. The molecule has 2 amide bonds. The number of rotatable bonds is 6. The van der Waals surface area contributed by atoms with Crippen molar-refractivity contribution < 1.29 is 29.0 Å². The lowest BCUT2D eigenvalue weighted by molar-refractivity contribution is -0.136. The molecule has 1 aliphatic rings. The predicted octanol–water partition coefficient (Wildman–Crippen LogP) is 2.47. The van der Waals surface area contributed by atoms with Crippen molar-refractivity contribution in [3.05, 3.63) is 33.9 Å². The van der Waals surface area contributed by atoms with E-state index in [-0.39, 0.29) is 31.0 Å². The highest BCUT2D eigenvalue weighted by atomic mass is 79.9. The van der Waals surface area contributed by atoms with Crippen molar-refractivity contribution in [3.8, 4) is 0 Å². The molecule has 1 aromatic carbocycles. The van der Waals surface area contributed by atoms with Crippen LogP contribution in [0.25, 0.3) is 0 Å². The number of β-amino-alcohol motifs (C(OH)–C–C–N with tert-alkyl or cyclic N) is 1. The number of benzene rings is 1. The average Bonchev–Trinajstić information content (AvgIpc) is 2.92. The third-order valence-electron chi connectivity index (χ3n) is 3.82. The second-order valence-corrected chi connectivity index (χ2v) is 8.10. The van der Waals surface area contributed by atoms with Gasteiger partial charge in [-0.25, -0.2) is 9.59 Å². The topological polar surface area (TPSA) is 117 Å². The highest BCUT2D eigenvalue weighted by molar-refractivity contribution is 9.10. The number of ether oxygens (including phenoxy) is 2. The number of amides is 2. The summed E-state index contributed by atoms with van der Waals surface area (Å²) < 4.78 is 10.6. The predicted molar refractivity (Wildman–Crippen MR) is 110 cm³/mol. The number of carbonyl (C=O) groups is 3. The average molecular weight is 470 g/mol. The maximum atomic E-state index is 12.6. The summed E-state index contributed by atoms with van der Waals surface area (Å²) in [5.74, 6) is -1.07. The van der Waals surface area contributed by atoms with Crippen molar-refractivity contribution in [3.63, 3.8) is 0 Å². The molecule has 10 heteroatoms. The van der Waals surface area contributed by atoms with Crippen LogP contribution >= 0.6 is 15.9 Å². The van der Waals surface area contributed by atoms with Gasteiger partial charge in [0.25, 0.3) is 5.91 Å². The molecule has 0 aliphatic carbocycles. The number of carbonyl (C=O) groups excluding carboxylic acids is 3. The molecule has 0 aromatic heterocycles. The maximum absolute atomic E-state index is 12.6. The second-order valence-electron chi connectivity index (χ2n) is 7.24. The molecule has 0 saturated heterocycles. The number of aliphatic hydroxyl groups is 1. The summed E-state index contributed by atoms with van der Waals surface area (Å²) in [4.78, 5) is 38.1. The molecule has 0 spiro atoms. The van der Waals surface area contributed by atoms with Gasteiger partial charge in [0.1, 0.15) is 11.3 Å². The van der Waals surface area contributed by atoms with Crippen LogP contribution in [-0.2, 0) is 19.1 Å². The first-order valence-corrected chi connectivity index (χ1v) is 9.63. The number of aliphatic hydroxyl groups excluding tert-OH is 1. The molecule has 0 bridgehead atoms. The minimum absolute atomic E-state index is 0.0296. The molecule has 158 valence electrons. The van der Waals surface area contributed by atoms with Crippen molar-refractivity contribution in [2.75, 3.05) is 37.4 Å². The van der Waals surface area contributed by atoms with E-state index in [1.54, 1.807) is 39.0 Å². The smallest absolute Gasteiger partial charge is 0.412 e. The second kappa shape index (κ2) is 9.27. The molecule has 0 unspecified atom stereocenters. The third-order valence-corrected chi connectivity index (χ3v) is 4.52. The van der Waals surface area contributed by atoms with Gasteiger partial charge in [-0.3, -0.25) is 10.1 Å². The zero-order valence-corrected chi connectivity index (χ0v) is 18.3. The molecule has 0 radical (unpaired) electrons. The van der Waals surface area contributed by atoms with E-state index in [1.807, 2.05) is 0 Å². The van der Waals surface area contributed by atoms with Crippen molar-refractivity contribution in [1.82, 2.24) is 4.90 Å². The highest BCUT2D eigenvalue weighted by Gasteiger charge is 2.34. The van der Waals surface area contributed by atoms with Gasteiger partial charge in [-0.15, -0.1) is 0 Å².